The van der Waals surface area contributed by atoms with E-state index in [1.165, 1.54) is 6.08 Å². The van der Waals surface area contributed by atoms with Crippen molar-refractivity contribution in [3.8, 4) is 0 Å². The number of anilines is 2. The zero-order valence-corrected chi connectivity index (χ0v) is 19.6. The van der Waals surface area contributed by atoms with E-state index in [-0.39, 0.29) is 16.9 Å². The van der Waals surface area contributed by atoms with Crippen molar-refractivity contribution >= 4 is 58.2 Å². The second kappa shape index (κ2) is 11.6. The molecule has 168 valence electrons. The molecule has 0 spiro atoms. The molecule has 2 aromatic carbocycles. The largest absolute Gasteiger partial charge is 0.367 e. The summed E-state index contributed by atoms with van der Waals surface area (Å²) in [5.74, 6) is -0.100. The van der Waals surface area contributed by atoms with Crippen LogP contribution in [0.2, 0.25) is 5.02 Å². The summed E-state index contributed by atoms with van der Waals surface area (Å²) in [4.78, 5) is 28.2. The molecule has 0 unspecified atom stereocenters. The number of rotatable bonds is 6. The molecule has 1 aliphatic heterocycles. The third-order valence-electron chi connectivity index (χ3n) is 5.11. The Labute approximate surface area is 199 Å². The molecule has 1 heterocycles. The lowest BCUT2D eigenvalue weighted by atomic mass is 10.2. The lowest BCUT2D eigenvalue weighted by Crippen LogP contribution is -2.48. The van der Waals surface area contributed by atoms with E-state index in [1.807, 2.05) is 54.3 Å². The van der Waals surface area contributed by atoms with Gasteiger partial charge in [-0.3, -0.25) is 14.9 Å². The van der Waals surface area contributed by atoms with Crippen molar-refractivity contribution in [1.82, 2.24) is 10.2 Å². The van der Waals surface area contributed by atoms with E-state index in [0.29, 0.717) is 30.2 Å². The van der Waals surface area contributed by atoms with Gasteiger partial charge in [0.05, 0.1) is 10.7 Å². The van der Waals surface area contributed by atoms with E-state index in [1.54, 1.807) is 12.1 Å². The summed E-state index contributed by atoms with van der Waals surface area (Å²) >= 11 is 11.7. The second-order valence-electron chi connectivity index (χ2n) is 7.47. The Morgan fingerprint density at radius 2 is 1.81 bits per heavy atom. The van der Waals surface area contributed by atoms with Gasteiger partial charge in [-0.05, 0) is 48.5 Å². The monoisotopic (exact) mass is 470 g/mol. The van der Waals surface area contributed by atoms with Crippen LogP contribution in [0.3, 0.4) is 0 Å². The van der Waals surface area contributed by atoms with Crippen LogP contribution in [0.5, 0.6) is 0 Å². The highest BCUT2D eigenvalue weighted by Gasteiger charge is 2.22. The quantitative estimate of drug-likeness (QED) is 0.486. The van der Waals surface area contributed by atoms with Crippen LogP contribution in [-0.4, -0.2) is 48.0 Å². The number of carbonyl (C=O) groups is 2. The Balaban J connectivity index is 1.51. The standard InChI is InChI=1S/C24H27ClN4O2S/c1-2-6-23(31)29-15-13-28(14-16-29)21-11-10-19(17-20(21)25)26-24(32)27-22(30)12-9-18-7-4-3-5-8-18/h3-5,7-12,17H,2,6,13-16H2,1H3,(H2,26,27,30,32). The molecule has 2 N–H and O–H groups in total. The number of carbonyl (C=O) groups excluding carboxylic acids is 2. The summed E-state index contributed by atoms with van der Waals surface area (Å²) < 4.78 is 0. The first-order valence-corrected chi connectivity index (χ1v) is 11.4. The van der Waals surface area contributed by atoms with Gasteiger partial charge >= 0.3 is 0 Å². The molecule has 8 heteroatoms. The van der Waals surface area contributed by atoms with Crippen molar-refractivity contribution in [2.75, 3.05) is 36.4 Å². The summed E-state index contributed by atoms with van der Waals surface area (Å²) in [6, 6.07) is 15.1. The molecule has 0 bridgehead atoms. The fraction of sp³-hybridized carbons (Fsp3) is 0.292. The number of thiocarbonyl (C=S) groups is 1. The number of hydrogen-bond donors (Lipinski definition) is 2. The van der Waals surface area contributed by atoms with Gasteiger partial charge in [0, 0.05) is 44.4 Å². The van der Waals surface area contributed by atoms with Crippen LogP contribution in [0, 0.1) is 0 Å². The smallest absolute Gasteiger partial charge is 0.250 e. The molecule has 32 heavy (non-hydrogen) atoms. The Hall–Kier alpha value is -2.90. The van der Waals surface area contributed by atoms with Crippen LogP contribution in [-0.2, 0) is 9.59 Å². The van der Waals surface area contributed by atoms with Crippen LogP contribution in [0.15, 0.2) is 54.6 Å². The first kappa shape index (κ1) is 23.8. The molecule has 6 nitrogen and oxygen atoms in total. The minimum atomic E-state index is -0.315. The van der Waals surface area contributed by atoms with E-state index in [9.17, 15) is 9.59 Å². The fourth-order valence-corrected chi connectivity index (χ4v) is 3.98. The maximum atomic E-state index is 12.1. The Bertz CT molecular complexity index is 989. The molecule has 0 atom stereocenters. The van der Waals surface area contributed by atoms with Gasteiger partial charge in [-0.2, -0.15) is 0 Å². The number of nitrogens with one attached hydrogen (secondary N) is 2. The van der Waals surface area contributed by atoms with Crippen molar-refractivity contribution in [2.45, 2.75) is 19.8 Å². The lowest BCUT2D eigenvalue weighted by Gasteiger charge is -2.36. The molecule has 2 amide bonds. The maximum absolute atomic E-state index is 12.1. The predicted molar refractivity (Wildman–Crippen MR) is 135 cm³/mol. The topological polar surface area (TPSA) is 64.7 Å². The number of piperazine rings is 1. The molecule has 0 saturated carbocycles. The zero-order valence-electron chi connectivity index (χ0n) is 18.0. The number of hydrogen-bond acceptors (Lipinski definition) is 4. The summed E-state index contributed by atoms with van der Waals surface area (Å²) in [5, 5.41) is 6.39. The van der Waals surface area contributed by atoms with Crippen molar-refractivity contribution in [2.24, 2.45) is 0 Å². The molecule has 1 saturated heterocycles. The number of benzene rings is 2. The van der Waals surface area contributed by atoms with E-state index < -0.39 is 0 Å². The zero-order chi connectivity index (χ0) is 22.9. The third kappa shape index (κ3) is 6.80. The Morgan fingerprint density at radius 1 is 1.09 bits per heavy atom. The first-order valence-electron chi connectivity index (χ1n) is 10.6. The van der Waals surface area contributed by atoms with Gasteiger partial charge in [0.25, 0.3) is 0 Å². The van der Waals surface area contributed by atoms with Crippen LogP contribution in [0.1, 0.15) is 25.3 Å². The molecule has 3 rings (SSSR count). The molecular formula is C24H27ClN4O2S. The molecule has 0 aromatic heterocycles. The summed E-state index contributed by atoms with van der Waals surface area (Å²) in [7, 11) is 0. The van der Waals surface area contributed by atoms with Gasteiger partial charge in [0.1, 0.15) is 0 Å². The van der Waals surface area contributed by atoms with Crippen molar-refractivity contribution in [1.29, 1.82) is 0 Å². The number of nitrogens with zero attached hydrogens (tertiary/aromatic N) is 2. The van der Waals surface area contributed by atoms with Crippen LogP contribution < -0.4 is 15.5 Å². The summed E-state index contributed by atoms with van der Waals surface area (Å²) in [6.45, 7) is 4.89. The first-order chi connectivity index (χ1) is 15.5. The van der Waals surface area contributed by atoms with Crippen molar-refractivity contribution in [3.05, 3.63) is 65.2 Å². The Morgan fingerprint density at radius 3 is 2.47 bits per heavy atom. The minimum Gasteiger partial charge on any atom is -0.367 e. The van der Waals surface area contributed by atoms with Gasteiger partial charge in [0.15, 0.2) is 5.11 Å². The van der Waals surface area contributed by atoms with Crippen LogP contribution in [0.25, 0.3) is 6.08 Å². The van der Waals surface area contributed by atoms with Crippen LogP contribution in [0.4, 0.5) is 11.4 Å². The van der Waals surface area contributed by atoms with E-state index >= 15 is 0 Å². The molecule has 2 aromatic rings. The number of halogens is 1. The van der Waals surface area contributed by atoms with Crippen molar-refractivity contribution < 1.29 is 9.59 Å². The highest BCUT2D eigenvalue weighted by atomic mass is 35.5. The van der Waals surface area contributed by atoms with Gasteiger partial charge in [-0.15, -0.1) is 0 Å². The maximum Gasteiger partial charge on any atom is 0.250 e. The van der Waals surface area contributed by atoms with E-state index in [2.05, 4.69) is 15.5 Å². The molecular weight excluding hydrogens is 444 g/mol. The SMILES string of the molecule is CCCC(=O)N1CCN(c2ccc(NC(=S)NC(=O)C=Cc3ccccc3)cc2Cl)CC1. The van der Waals surface area contributed by atoms with E-state index in [4.69, 9.17) is 23.8 Å². The summed E-state index contributed by atoms with van der Waals surface area (Å²) in [5.41, 5.74) is 2.54. The fourth-order valence-electron chi connectivity index (χ4n) is 3.46. The number of amides is 2. The van der Waals surface area contributed by atoms with Gasteiger partial charge in [0.2, 0.25) is 11.8 Å². The highest BCUT2D eigenvalue weighted by molar-refractivity contribution is 7.80. The lowest BCUT2D eigenvalue weighted by molar-refractivity contribution is -0.131. The third-order valence-corrected chi connectivity index (χ3v) is 5.61. The molecule has 0 aliphatic carbocycles. The van der Waals surface area contributed by atoms with E-state index in [0.717, 1.165) is 30.8 Å². The van der Waals surface area contributed by atoms with Gasteiger partial charge < -0.3 is 15.1 Å². The average molecular weight is 471 g/mol. The minimum absolute atomic E-state index is 0.194. The summed E-state index contributed by atoms with van der Waals surface area (Å²) in [6.07, 6.45) is 4.62. The molecule has 0 radical (unpaired) electrons. The Kier molecular flexibility index (Phi) is 8.64. The highest BCUT2D eigenvalue weighted by Crippen LogP contribution is 2.29. The predicted octanol–water partition coefficient (Wildman–Crippen LogP) is 4.32. The van der Waals surface area contributed by atoms with Crippen molar-refractivity contribution in [3.63, 3.8) is 0 Å². The molecule has 1 fully saturated rings. The van der Waals surface area contributed by atoms with Gasteiger partial charge in [-0.25, -0.2) is 0 Å². The normalized spacial score (nSPS) is 13.8. The van der Waals surface area contributed by atoms with Gasteiger partial charge in [-0.1, -0.05) is 48.9 Å². The second-order valence-corrected chi connectivity index (χ2v) is 8.29. The molecule has 1 aliphatic rings. The average Bonchev–Trinajstić information content (AvgIpc) is 2.79. The van der Waals surface area contributed by atoms with Crippen LogP contribution >= 0.6 is 23.8 Å².